The number of alkyl carbamates (subject to hydrolysis) is 1. The molecule has 29 heavy (non-hydrogen) atoms. The van der Waals surface area contributed by atoms with Gasteiger partial charge in [0.05, 0.1) is 6.54 Å². The highest BCUT2D eigenvalue weighted by Gasteiger charge is 2.28. The van der Waals surface area contributed by atoms with Gasteiger partial charge in [-0.1, -0.05) is 60.4 Å². The lowest BCUT2D eigenvalue weighted by atomic mass is 9.98. The van der Waals surface area contributed by atoms with Gasteiger partial charge in [0.1, 0.15) is 6.61 Å². The molecule has 0 bridgehead atoms. The van der Waals surface area contributed by atoms with Crippen molar-refractivity contribution in [1.29, 1.82) is 0 Å². The first-order valence-corrected chi connectivity index (χ1v) is 9.57. The first-order valence-electron chi connectivity index (χ1n) is 9.57. The Hall–Kier alpha value is -3.71. The van der Waals surface area contributed by atoms with Crippen molar-refractivity contribution in [3.8, 4) is 23.0 Å². The van der Waals surface area contributed by atoms with E-state index in [1.165, 1.54) is 22.3 Å². The third-order valence-corrected chi connectivity index (χ3v) is 5.17. The molecule has 0 spiro atoms. The molecule has 0 saturated carbocycles. The average Bonchev–Trinajstić information content (AvgIpc) is 3.06. The number of carbonyl (C=O) groups is 1. The molecule has 0 unspecified atom stereocenters. The third-order valence-electron chi connectivity index (χ3n) is 5.17. The number of rotatable bonds is 3. The number of ether oxygens (including phenoxy) is 1. The van der Waals surface area contributed by atoms with Gasteiger partial charge in [0, 0.05) is 17.2 Å². The van der Waals surface area contributed by atoms with Crippen molar-refractivity contribution >= 4 is 11.8 Å². The van der Waals surface area contributed by atoms with Crippen molar-refractivity contribution < 1.29 is 9.53 Å². The first kappa shape index (κ1) is 18.6. The molecule has 4 nitrogen and oxygen atoms in total. The van der Waals surface area contributed by atoms with Crippen LogP contribution in [0.3, 0.4) is 0 Å². The maximum atomic E-state index is 12.1. The zero-order valence-corrected chi connectivity index (χ0v) is 16.2. The summed E-state index contributed by atoms with van der Waals surface area (Å²) in [5, 5.41) is 2.69. The van der Waals surface area contributed by atoms with E-state index >= 15 is 0 Å². The van der Waals surface area contributed by atoms with Crippen LogP contribution in [-0.4, -0.2) is 19.2 Å². The largest absolute Gasteiger partial charge is 0.449 e. The summed E-state index contributed by atoms with van der Waals surface area (Å²) >= 11 is 0. The average molecular weight is 382 g/mol. The molecule has 4 rings (SSSR count). The van der Waals surface area contributed by atoms with Crippen LogP contribution in [0.15, 0.2) is 66.7 Å². The molecule has 144 valence electrons. The molecule has 1 aliphatic rings. The van der Waals surface area contributed by atoms with Crippen molar-refractivity contribution in [2.75, 3.05) is 18.9 Å². The van der Waals surface area contributed by atoms with E-state index in [1.807, 2.05) is 49.4 Å². The van der Waals surface area contributed by atoms with Crippen molar-refractivity contribution in [3.05, 3.63) is 89.0 Å². The van der Waals surface area contributed by atoms with Gasteiger partial charge in [-0.15, -0.1) is 0 Å². The number of benzene rings is 3. The number of hydrogen-bond donors (Lipinski definition) is 2. The summed E-state index contributed by atoms with van der Waals surface area (Å²) in [5.74, 6) is 6.00. The van der Waals surface area contributed by atoms with Gasteiger partial charge in [-0.3, -0.25) is 0 Å². The van der Waals surface area contributed by atoms with E-state index in [2.05, 4.69) is 41.4 Å². The fourth-order valence-electron chi connectivity index (χ4n) is 3.67. The maximum Gasteiger partial charge on any atom is 0.407 e. The normalized spacial score (nSPS) is 11.8. The summed E-state index contributed by atoms with van der Waals surface area (Å²) in [5.41, 5.74) is 13.2. The summed E-state index contributed by atoms with van der Waals surface area (Å²) in [4.78, 5) is 12.1. The van der Waals surface area contributed by atoms with Gasteiger partial charge in [0.15, 0.2) is 0 Å². The second-order valence-corrected chi connectivity index (χ2v) is 7.05. The summed E-state index contributed by atoms with van der Waals surface area (Å²) in [7, 11) is 0. The molecule has 3 aromatic rings. The highest BCUT2D eigenvalue weighted by molar-refractivity contribution is 5.79. The molecule has 0 aromatic heterocycles. The van der Waals surface area contributed by atoms with Gasteiger partial charge < -0.3 is 15.8 Å². The number of aryl methyl sites for hydroxylation is 1. The first-order chi connectivity index (χ1) is 14.1. The van der Waals surface area contributed by atoms with E-state index in [-0.39, 0.29) is 12.5 Å². The highest BCUT2D eigenvalue weighted by Crippen LogP contribution is 2.44. The van der Waals surface area contributed by atoms with Crippen molar-refractivity contribution in [2.24, 2.45) is 0 Å². The minimum Gasteiger partial charge on any atom is -0.449 e. The van der Waals surface area contributed by atoms with Gasteiger partial charge in [-0.05, 0) is 52.9 Å². The van der Waals surface area contributed by atoms with E-state index in [0.717, 1.165) is 16.8 Å². The van der Waals surface area contributed by atoms with Crippen LogP contribution >= 0.6 is 0 Å². The van der Waals surface area contributed by atoms with E-state index < -0.39 is 6.09 Å². The Balaban J connectivity index is 1.35. The fourth-order valence-corrected chi connectivity index (χ4v) is 3.67. The lowest BCUT2D eigenvalue weighted by Gasteiger charge is -2.14. The van der Waals surface area contributed by atoms with E-state index in [4.69, 9.17) is 10.5 Å². The van der Waals surface area contributed by atoms with Gasteiger partial charge in [-0.25, -0.2) is 4.79 Å². The summed E-state index contributed by atoms with van der Waals surface area (Å²) in [6, 6.07) is 22.2. The predicted molar refractivity (Wildman–Crippen MR) is 116 cm³/mol. The Morgan fingerprint density at radius 3 is 2.34 bits per heavy atom. The van der Waals surface area contributed by atoms with Gasteiger partial charge >= 0.3 is 6.09 Å². The minimum atomic E-state index is -0.463. The molecule has 0 aliphatic heterocycles. The second kappa shape index (κ2) is 8.12. The molecule has 0 radical (unpaired) electrons. The quantitative estimate of drug-likeness (QED) is 0.519. The van der Waals surface area contributed by atoms with Crippen LogP contribution < -0.4 is 11.1 Å². The topological polar surface area (TPSA) is 64.3 Å². The van der Waals surface area contributed by atoms with E-state index in [9.17, 15) is 4.79 Å². The second-order valence-electron chi connectivity index (χ2n) is 7.05. The third kappa shape index (κ3) is 3.95. The summed E-state index contributed by atoms with van der Waals surface area (Å²) in [6.07, 6.45) is -0.463. The summed E-state index contributed by atoms with van der Waals surface area (Å²) < 4.78 is 5.49. The van der Waals surface area contributed by atoms with Crippen molar-refractivity contribution in [3.63, 3.8) is 0 Å². The van der Waals surface area contributed by atoms with Crippen LogP contribution in [0.4, 0.5) is 10.5 Å². The summed E-state index contributed by atoms with van der Waals surface area (Å²) in [6.45, 7) is 2.46. The molecule has 1 amide bonds. The SMILES string of the molecule is Cc1cc(C#CCNC(=O)OCC2c3ccccc3-c3ccccc32)ccc1N. The maximum absolute atomic E-state index is 12.1. The number of nitrogens with one attached hydrogen (secondary N) is 1. The number of carbonyl (C=O) groups excluding carboxylic acids is 1. The van der Waals surface area contributed by atoms with Crippen LogP contribution in [0.2, 0.25) is 0 Å². The molecule has 0 saturated heterocycles. The number of fused-ring (bicyclic) bond motifs is 3. The number of anilines is 1. The van der Waals surface area contributed by atoms with Crippen LogP contribution in [0.1, 0.15) is 28.2 Å². The van der Waals surface area contributed by atoms with Crippen LogP contribution in [-0.2, 0) is 4.74 Å². The molecule has 1 aliphatic carbocycles. The number of amides is 1. The minimum absolute atomic E-state index is 0.0528. The molecular weight excluding hydrogens is 360 g/mol. The van der Waals surface area contributed by atoms with E-state index in [1.54, 1.807) is 0 Å². The predicted octanol–water partition coefficient (Wildman–Crippen LogP) is 4.47. The molecule has 4 heteroatoms. The molecule has 3 N–H and O–H groups in total. The molecule has 0 heterocycles. The Morgan fingerprint density at radius 1 is 1.03 bits per heavy atom. The van der Waals surface area contributed by atoms with E-state index in [0.29, 0.717) is 6.61 Å². The Labute approximate surface area is 170 Å². The zero-order chi connectivity index (χ0) is 20.2. The molecule has 3 aromatic carbocycles. The Morgan fingerprint density at radius 2 is 1.69 bits per heavy atom. The van der Waals surface area contributed by atoms with Crippen LogP contribution in [0.25, 0.3) is 11.1 Å². The van der Waals surface area contributed by atoms with Gasteiger partial charge in [0.2, 0.25) is 0 Å². The van der Waals surface area contributed by atoms with Crippen molar-refractivity contribution in [2.45, 2.75) is 12.8 Å². The highest BCUT2D eigenvalue weighted by atomic mass is 16.5. The molecule has 0 atom stereocenters. The van der Waals surface area contributed by atoms with Crippen molar-refractivity contribution in [1.82, 2.24) is 5.32 Å². The smallest absolute Gasteiger partial charge is 0.407 e. The zero-order valence-electron chi connectivity index (χ0n) is 16.2. The van der Waals surface area contributed by atoms with Crippen LogP contribution in [0.5, 0.6) is 0 Å². The standard InChI is InChI=1S/C25H22N2O2/c1-17-15-18(12-13-24(17)26)7-6-14-27-25(28)29-16-23-21-10-4-2-8-19(21)20-9-3-5-11-22(20)23/h2-5,8-13,15,23H,14,16,26H2,1H3,(H,27,28). The Bertz CT molecular complexity index is 1080. The lowest BCUT2D eigenvalue weighted by molar-refractivity contribution is 0.144. The number of nitrogens with two attached hydrogens (primary N) is 1. The molecular formula is C25H22N2O2. The number of hydrogen-bond acceptors (Lipinski definition) is 3. The lowest BCUT2D eigenvalue weighted by Crippen LogP contribution is -2.26. The van der Waals surface area contributed by atoms with Gasteiger partial charge in [-0.2, -0.15) is 0 Å². The van der Waals surface area contributed by atoms with Gasteiger partial charge in [0.25, 0.3) is 0 Å². The number of nitrogen functional groups attached to an aromatic ring is 1. The molecule has 0 fully saturated rings. The Kier molecular flexibility index (Phi) is 5.22. The van der Waals surface area contributed by atoms with Crippen LogP contribution in [0, 0.1) is 18.8 Å². The monoisotopic (exact) mass is 382 g/mol. The fraction of sp³-hybridized carbons (Fsp3) is 0.160.